The van der Waals surface area contributed by atoms with Gasteiger partial charge in [0.1, 0.15) is 5.69 Å². The van der Waals surface area contributed by atoms with Crippen molar-refractivity contribution in [2.24, 2.45) is 11.3 Å². The van der Waals surface area contributed by atoms with Crippen LogP contribution in [-0.2, 0) is 12.8 Å². The molecule has 1 atom stereocenters. The van der Waals surface area contributed by atoms with E-state index in [0.717, 1.165) is 19.3 Å². The first-order valence-corrected chi connectivity index (χ1v) is 9.88. The number of nitrogens with one attached hydrogen (secondary N) is 3. The molecule has 27 heavy (non-hydrogen) atoms. The second-order valence-electron chi connectivity index (χ2n) is 8.13. The highest BCUT2D eigenvalue weighted by Crippen LogP contribution is 2.40. The molecule has 0 unspecified atom stereocenters. The number of carbonyl (C=O) groups excluding carboxylic acids is 3. The quantitative estimate of drug-likeness (QED) is 0.556. The lowest BCUT2D eigenvalue weighted by Gasteiger charge is -2.33. The van der Waals surface area contributed by atoms with Gasteiger partial charge in [-0.3, -0.25) is 25.2 Å². The number of amides is 2. The Morgan fingerprint density at radius 2 is 1.85 bits per heavy atom. The molecule has 1 aliphatic rings. The fourth-order valence-corrected chi connectivity index (χ4v) is 4.45. The summed E-state index contributed by atoms with van der Waals surface area (Å²) in [5, 5.41) is 0. The molecule has 6 nitrogen and oxygen atoms in total. The van der Waals surface area contributed by atoms with Crippen LogP contribution in [0.2, 0.25) is 0 Å². The Kier molecular flexibility index (Phi) is 5.24. The zero-order valence-corrected chi connectivity index (χ0v) is 16.9. The first-order valence-electron chi connectivity index (χ1n) is 9.06. The van der Waals surface area contributed by atoms with Crippen molar-refractivity contribution in [1.82, 2.24) is 15.8 Å². The molecule has 2 amide bonds. The monoisotopic (exact) mass is 387 g/mol. The smallest absolute Gasteiger partial charge is 0.286 e. The molecular weight excluding hydrogens is 362 g/mol. The number of rotatable bonds is 3. The predicted molar refractivity (Wildman–Crippen MR) is 105 cm³/mol. The van der Waals surface area contributed by atoms with Crippen molar-refractivity contribution < 1.29 is 14.4 Å². The molecule has 0 aliphatic heterocycles. The molecule has 0 saturated heterocycles. The van der Waals surface area contributed by atoms with Gasteiger partial charge in [-0.1, -0.05) is 20.8 Å². The van der Waals surface area contributed by atoms with Gasteiger partial charge in [0, 0.05) is 16.6 Å². The van der Waals surface area contributed by atoms with Gasteiger partial charge in [-0.25, -0.2) is 0 Å². The molecule has 0 aromatic carbocycles. The van der Waals surface area contributed by atoms with Gasteiger partial charge >= 0.3 is 0 Å². The largest absolute Gasteiger partial charge is 0.356 e. The van der Waals surface area contributed by atoms with E-state index in [1.165, 1.54) is 41.0 Å². The van der Waals surface area contributed by atoms with Crippen molar-refractivity contribution in [3.63, 3.8) is 0 Å². The fourth-order valence-electron chi connectivity index (χ4n) is 3.35. The lowest BCUT2D eigenvalue weighted by atomic mass is 9.72. The molecule has 1 aliphatic carbocycles. The highest BCUT2D eigenvalue weighted by atomic mass is 32.1. The molecule has 0 bridgehead atoms. The molecule has 3 rings (SSSR count). The third kappa shape index (κ3) is 4.30. The van der Waals surface area contributed by atoms with E-state index in [0.29, 0.717) is 16.4 Å². The highest BCUT2D eigenvalue weighted by Gasteiger charge is 2.30. The van der Waals surface area contributed by atoms with E-state index in [-0.39, 0.29) is 22.8 Å². The van der Waals surface area contributed by atoms with Gasteiger partial charge in [0.15, 0.2) is 5.78 Å². The van der Waals surface area contributed by atoms with Crippen molar-refractivity contribution in [3.8, 4) is 0 Å². The molecule has 0 radical (unpaired) electrons. The van der Waals surface area contributed by atoms with Crippen LogP contribution in [0.25, 0.3) is 0 Å². The number of ketones is 1. The van der Waals surface area contributed by atoms with Crippen LogP contribution in [0.1, 0.15) is 75.1 Å². The number of carbonyl (C=O) groups is 3. The number of hydrogen-bond donors (Lipinski definition) is 3. The van der Waals surface area contributed by atoms with Crippen LogP contribution in [0.4, 0.5) is 0 Å². The Hall–Kier alpha value is -2.41. The summed E-state index contributed by atoms with van der Waals surface area (Å²) < 4.78 is 0. The first-order chi connectivity index (χ1) is 12.6. The lowest BCUT2D eigenvalue weighted by Crippen LogP contribution is -2.41. The fraction of sp³-hybridized carbons (Fsp3) is 0.450. The number of aromatic amines is 1. The number of hydrogen-bond acceptors (Lipinski definition) is 4. The predicted octanol–water partition coefficient (Wildman–Crippen LogP) is 3.50. The molecule has 3 N–H and O–H groups in total. The zero-order chi connectivity index (χ0) is 19.8. The molecule has 2 aromatic heterocycles. The minimum atomic E-state index is -0.495. The van der Waals surface area contributed by atoms with Crippen LogP contribution in [0, 0.1) is 11.3 Å². The van der Waals surface area contributed by atoms with E-state index < -0.39 is 5.91 Å². The third-order valence-corrected chi connectivity index (χ3v) is 6.39. The Morgan fingerprint density at radius 1 is 1.15 bits per heavy atom. The average Bonchev–Trinajstić information content (AvgIpc) is 3.24. The number of H-pyrrole nitrogens is 1. The zero-order valence-electron chi connectivity index (χ0n) is 16.1. The van der Waals surface area contributed by atoms with Crippen molar-refractivity contribution in [2.45, 2.75) is 47.0 Å². The van der Waals surface area contributed by atoms with Gasteiger partial charge in [0.2, 0.25) is 0 Å². The summed E-state index contributed by atoms with van der Waals surface area (Å²) >= 11 is 1.50. The van der Waals surface area contributed by atoms with E-state index in [4.69, 9.17) is 0 Å². The standard InChI is InChI=1S/C20H25N3O3S/c1-11(24)13-8-15(21-10-13)18(25)22-23-19(26)17-9-12-7-14(20(2,3)4)5-6-16(12)27-17/h8-10,14,21H,5-7H2,1-4H3,(H,22,25)(H,23,26)/t14-/m0/s1. The summed E-state index contributed by atoms with van der Waals surface area (Å²) in [4.78, 5) is 40.4. The summed E-state index contributed by atoms with van der Waals surface area (Å²) in [6, 6.07) is 3.40. The number of Topliss-reactive ketones (excluding diaryl/α,β-unsaturated/α-hetero) is 1. The Morgan fingerprint density at radius 3 is 2.48 bits per heavy atom. The minimum absolute atomic E-state index is 0.132. The number of fused-ring (bicyclic) bond motifs is 1. The van der Waals surface area contributed by atoms with E-state index in [1.807, 2.05) is 6.07 Å². The summed E-state index contributed by atoms with van der Waals surface area (Å²) in [7, 11) is 0. The molecule has 2 aromatic rings. The average molecular weight is 388 g/mol. The van der Waals surface area contributed by atoms with Crippen LogP contribution >= 0.6 is 11.3 Å². The molecule has 144 valence electrons. The Bertz CT molecular complexity index is 889. The summed E-state index contributed by atoms with van der Waals surface area (Å²) in [6.07, 6.45) is 4.60. The van der Waals surface area contributed by atoms with Gasteiger partial charge in [-0.15, -0.1) is 11.3 Å². The van der Waals surface area contributed by atoms with E-state index in [2.05, 4.69) is 36.6 Å². The van der Waals surface area contributed by atoms with Crippen molar-refractivity contribution in [2.75, 3.05) is 0 Å². The van der Waals surface area contributed by atoms with Crippen molar-refractivity contribution in [1.29, 1.82) is 0 Å². The topological polar surface area (TPSA) is 91.1 Å². The SMILES string of the molecule is CC(=O)c1c[nH]c(C(=O)NNC(=O)c2cc3c(s2)CC[C@H](C(C)(C)C)C3)c1. The molecule has 7 heteroatoms. The van der Waals surface area contributed by atoms with Gasteiger partial charge in [-0.2, -0.15) is 0 Å². The molecule has 0 fully saturated rings. The number of aryl methyl sites for hydroxylation is 1. The third-order valence-electron chi connectivity index (χ3n) is 5.16. The van der Waals surface area contributed by atoms with Crippen LogP contribution < -0.4 is 10.9 Å². The summed E-state index contributed by atoms with van der Waals surface area (Å²) in [6.45, 7) is 8.21. The Balaban J connectivity index is 1.61. The van der Waals surface area contributed by atoms with Gasteiger partial charge in [0.05, 0.1) is 4.88 Å². The van der Waals surface area contributed by atoms with E-state index >= 15 is 0 Å². The second kappa shape index (κ2) is 7.31. The van der Waals surface area contributed by atoms with Crippen LogP contribution in [-0.4, -0.2) is 22.6 Å². The molecule has 0 saturated carbocycles. The number of hydrazine groups is 1. The van der Waals surface area contributed by atoms with Crippen molar-refractivity contribution in [3.05, 3.63) is 44.9 Å². The maximum Gasteiger partial charge on any atom is 0.286 e. The summed E-state index contributed by atoms with van der Waals surface area (Å²) in [5.74, 6) is -0.344. The second-order valence-corrected chi connectivity index (χ2v) is 9.27. The molecular formula is C20H25N3O3S. The van der Waals surface area contributed by atoms with Crippen LogP contribution in [0.15, 0.2) is 18.3 Å². The van der Waals surface area contributed by atoms with Crippen molar-refractivity contribution >= 4 is 28.9 Å². The lowest BCUT2D eigenvalue weighted by molar-refractivity contribution is 0.0846. The minimum Gasteiger partial charge on any atom is -0.356 e. The number of thiophene rings is 1. The molecule has 0 spiro atoms. The normalized spacial score (nSPS) is 16.5. The van der Waals surface area contributed by atoms with Crippen LogP contribution in [0.5, 0.6) is 0 Å². The maximum atomic E-state index is 12.4. The van der Waals surface area contributed by atoms with Gasteiger partial charge in [0.25, 0.3) is 11.8 Å². The Labute approximate surface area is 162 Å². The maximum absolute atomic E-state index is 12.4. The highest BCUT2D eigenvalue weighted by molar-refractivity contribution is 7.14. The van der Waals surface area contributed by atoms with E-state index in [1.54, 1.807) is 0 Å². The van der Waals surface area contributed by atoms with Gasteiger partial charge < -0.3 is 4.98 Å². The van der Waals surface area contributed by atoms with E-state index in [9.17, 15) is 14.4 Å². The first kappa shape index (κ1) is 19.4. The van der Waals surface area contributed by atoms with Crippen LogP contribution in [0.3, 0.4) is 0 Å². The summed E-state index contributed by atoms with van der Waals surface area (Å²) in [5.41, 5.74) is 6.99. The number of aromatic nitrogens is 1. The molecule has 2 heterocycles. The van der Waals surface area contributed by atoms with Gasteiger partial charge in [-0.05, 0) is 55.2 Å².